The van der Waals surface area contributed by atoms with Gasteiger partial charge in [0.15, 0.2) is 6.29 Å². The molecule has 0 radical (unpaired) electrons. The van der Waals surface area contributed by atoms with Crippen LogP contribution >= 0.6 is 0 Å². The predicted octanol–water partition coefficient (Wildman–Crippen LogP) is 3.99. The van der Waals surface area contributed by atoms with Gasteiger partial charge in [0.2, 0.25) is 0 Å². The monoisotopic (exact) mass is 200 g/mol. The molecule has 0 aromatic heterocycles. The molecule has 0 saturated heterocycles. The van der Waals surface area contributed by atoms with Crippen molar-refractivity contribution >= 4 is 17.1 Å². The van der Waals surface area contributed by atoms with Crippen LogP contribution in [0, 0.1) is 6.92 Å². The van der Waals surface area contributed by atoms with Gasteiger partial charge in [0.05, 0.1) is 0 Å². The zero-order valence-corrected chi connectivity index (χ0v) is 9.45. The van der Waals surface area contributed by atoms with E-state index in [1.807, 2.05) is 57.2 Å². The van der Waals surface area contributed by atoms with E-state index < -0.39 is 0 Å². The Kier molecular flexibility index (Phi) is 4.04. The van der Waals surface area contributed by atoms with Crippen molar-refractivity contribution in [3.63, 3.8) is 0 Å². The number of hydrogen-bond donors (Lipinski definition) is 0. The minimum atomic E-state index is 0.774. The van der Waals surface area contributed by atoms with Gasteiger partial charge in [-0.1, -0.05) is 50.2 Å². The highest BCUT2D eigenvalue weighted by molar-refractivity contribution is 5.99. The fourth-order valence-corrected chi connectivity index (χ4v) is 1.66. The van der Waals surface area contributed by atoms with Crippen LogP contribution in [-0.2, 0) is 0 Å². The first-order valence-electron chi connectivity index (χ1n) is 5.26. The van der Waals surface area contributed by atoms with E-state index in [1.54, 1.807) is 0 Å². The lowest BCUT2D eigenvalue weighted by molar-refractivity contribution is 0.112. The molecule has 2 aromatic carbocycles. The maximum Gasteiger partial charge on any atom is 0.150 e. The third-order valence-electron chi connectivity index (χ3n) is 2.27. The second kappa shape index (κ2) is 5.30. The van der Waals surface area contributed by atoms with Crippen LogP contribution in [0.4, 0.5) is 0 Å². The summed E-state index contributed by atoms with van der Waals surface area (Å²) in [5.74, 6) is 0. The molecule has 2 rings (SSSR count). The SMILES string of the molecule is CC.Cc1cccc2cccc(C=O)c12. The predicted molar refractivity (Wildman–Crippen MR) is 65.4 cm³/mol. The molecule has 2 aromatic rings. The van der Waals surface area contributed by atoms with E-state index in [0.29, 0.717) is 0 Å². The van der Waals surface area contributed by atoms with E-state index in [-0.39, 0.29) is 0 Å². The minimum absolute atomic E-state index is 0.774. The summed E-state index contributed by atoms with van der Waals surface area (Å²) >= 11 is 0. The largest absolute Gasteiger partial charge is 0.298 e. The van der Waals surface area contributed by atoms with Crippen molar-refractivity contribution in [2.24, 2.45) is 0 Å². The number of carbonyl (C=O) groups excluding carboxylic acids is 1. The summed E-state index contributed by atoms with van der Waals surface area (Å²) in [4.78, 5) is 10.8. The number of rotatable bonds is 1. The fourth-order valence-electron chi connectivity index (χ4n) is 1.66. The van der Waals surface area contributed by atoms with Crippen LogP contribution in [0.2, 0.25) is 0 Å². The maximum absolute atomic E-state index is 10.8. The first kappa shape index (κ1) is 11.4. The topological polar surface area (TPSA) is 17.1 Å². The standard InChI is InChI=1S/C12H10O.C2H6/c1-9-4-2-5-10-6-3-7-11(8-13)12(9)10;1-2/h2-8H,1H3;1-2H3. The van der Waals surface area contributed by atoms with Gasteiger partial charge in [-0.3, -0.25) is 4.79 Å². The van der Waals surface area contributed by atoms with Crippen LogP contribution in [0.15, 0.2) is 36.4 Å². The third-order valence-corrected chi connectivity index (χ3v) is 2.27. The van der Waals surface area contributed by atoms with E-state index in [1.165, 1.54) is 0 Å². The lowest BCUT2D eigenvalue weighted by atomic mass is 10.0. The smallest absolute Gasteiger partial charge is 0.150 e. The molecule has 0 heterocycles. The lowest BCUT2D eigenvalue weighted by Crippen LogP contribution is -1.85. The van der Waals surface area contributed by atoms with Crippen molar-refractivity contribution in [2.45, 2.75) is 20.8 Å². The van der Waals surface area contributed by atoms with Crippen molar-refractivity contribution < 1.29 is 4.79 Å². The summed E-state index contributed by atoms with van der Waals surface area (Å²) in [5.41, 5.74) is 1.93. The zero-order chi connectivity index (χ0) is 11.3. The Morgan fingerprint density at radius 1 is 1.00 bits per heavy atom. The molecule has 0 unspecified atom stereocenters. The summed E-state index contributed by atoms with van der Waals surface area (Å²) in [6.07, 6.45) is 0.912. The normalized spacial score (nSPS) is 9.27. The minimum Gasteiger partial charge on any atom is -0.298 e. The van der Waals surface area contributed by atoms with Crippen LogP contribution in [0.1, 0.15) is 29.8 Å². The Bertz CT molecular complexity index is 453. The quantitative estimate of drug-likeness (QED) is 0.636. The van der Waals surface area contributed by atoms with E-state index in [9.17, 15) is 4.79 Å². The number of carbonyl (C=O) groups is 1. The van der Waals surface area contributed by atoms with Crippen molar-refractivity contribution in [3.05, 3.63) is 47.5 Å². The van der Waals surface area contributed by atoms with Gasteiger partial charge >= 0.3 is 0 Å². The number of hydrogen-bond acceptors (Lipinski definition) is 1. The Hall–Kier alpha value is -1.63. The molecule has 1 heteroatoms. The lowest BCUT2D eigenvalue weighted by Gasteiger charge is -2.03. The van der Waals surface area contributed by atoms with Crippen LogP contribution in [0.25, 0.3) is 10.8 Å². The summed E-state index contributed by atoms with van der Waals surface area (Å²) in [6, 6.07) is 11.8. The highest BCUT2D eigenvalue weighted by Gasteiger charge is 2.00. The Morgan fingerprint density at radius 2 is 1.60 bits per heavy atom. The van der Waals surface area contributed by atoms with Gasteiger partial charge in [0.25, 0.3) is 0 Å². The molecule has 0 aliphatic heterocycles. The summed E-state index contributed by atoms with van der Waals surface area (Å²) in [7, 11) is 0. The summed E-state index contributed by atoms with van der Waals surface area (Å²) < 4.78 is 0. The van der Waals surface area contributed by atoms with Gasteiger partial charge < -0.3 is 0 Å². The number of fused-ring (bicyclic) bond motifs is 1. The fraction of sp³-hybridized carbons (Fsp3) is 0.214. The number of aryl methyl sites for hydroxylation is 1. The zero-order valence-electron chi connectivity index (χ0n) is 9.45. The van der Waals surface area contributed by atoms with Crippen LogP contribution in [0.3, 0.4) is 0 Å². The van der Waals surface area contributed by atoms with Gasteiger partial charge in [-0.15, -0.1) is 0 Å². The first-order valence-corrected chi connectivity index (χ1v) is 5.26. The average Bonchev–Trinajstić information content (AvgIpc) is 2.31. The van der Waals surface area contributed by atoms with Crippen molar-refractivity contribution in [1.29, 1.82) is 0 Å². The van der Waals surface area contributed by atoms with Gasteiger partial charge in [0.1, 0.15) is 0 Å². The van der Waals surface area contributed by atoms with Crippen molar-refractivity contribution in [3.8, 4) is 0 Å². The Labute approximate surface area is 90.7 Å². The second-order valence-electron chi connectivity index (χ2n) is 3.14. The van der Waals surface area contributed by atoms with Crippen LogP contribution < -0.4 is 0 Å². The van der Waals surface area contributed by atoms with Gasteiger partial charge in [-0.25, -0.2) is 0 Å². The highest BCUT2D eigenvalue weighted by Crippen LogP contribution is 2.20. The molecule has 0 saturated carbocycles. The second-order valence-corrected chi connectivity index (χ2v) is 3.14. The molecule has 78 valence electrons. The molecule has 15 heavy (non-hydrogen) atoms. The van der Waals surface area contributed by atoms with E-state index >= 15 is 0 Å². The molecule has 0 aliphatic carbocycles. The molecule has 0 bridgehead atoms. The Morgan fingerprint density at radius 3 is 2.20 bits per heavy atom. The van der Waals surface area contributed by atoms with Gasteiger partial charge in [-0.2, -0.15) is 0 Å². The van der Waals surface area contributed by atoms with Gasteiger partial charge in [-0.05, 0) is 23.3 Å². The first-order chi connectivity index (χ1) is 7.33. The van der Waals surface area contributed by atoms with Crippen LogP contribution in [0.5, 0.6) is 0 Å². The molecule has 0 amide bonds. The van der Waals surface area contributed by atoms with Gasteiger partial charge in [0, 0.05) is 5.56 Å². The van der Waals surface area contributed by atoms with Crippen LogP contribution in [-0.4, -0.2) is 6.29 Å². The average molecular weight is 200 g/mol. The third kappa shape index (κ3) is 2.24. The summed E-state index contributed by atoms with van der Waals surface area (Å²) in [6.45, 7) is 6.02. The molecule has 0 aliphatic rings. The van der Waals surface area contributed by atoms with Crippen molar-refractivity contribution in [1.82, 2.24) is 0 Å². The molecule has 0 spiro atoms. The Balaban J connectivity index is 0.000000531. The highest BCUT2D eigenvalue weighted by atomic mass is 16.1. The van der Waals surface area contributed by atoms with E-state index in [2.05, 4.69) is 0 Å². The van der Waals surface area contributed by atoms with E-state index in [0.717, 1.165) is 28.2 Å². The van der Waals surface area contributed by atoms with E-state index in [4.69, 9.17) is 0 Å². The number of aldehydes is 1. The molecule has 0 atom stereocenters. The summed E-state index contributed by atoms with van der Waals surface area (Å²) in [5, 5.41) is 2.20. The van der Waals surface area contributed by atoms with Crippen molar-refractivity contribution in [2.75, 3.05) is 0 Å². The maximum atomic E-state index is 10.8. The molecule has 0 fully saturated rings. The molecular weight excluding hydrogens is 184 g/mol. The number of benzene rings is 2. The molecular formula is C14H16O. The molecule has 0 N–H and O–H groups in total. The molecule has 1 nitrogen and oxygen atoms in total.